The van der Waals surface area contributed by atoms with Crippen molar-refractivity contribution in [1.82, 2.24) is 14.7 Å². The molecule has 0 saturated heterocycles. The number of hydrogen-bond donors (Lipinski definition) is 1. The van der Waals surface area contributed by atoms with Crippen LogP contribution in [0.5, 0.6) is 0 Å². The zero-order chi connectivity index (χ0) is 22.8. The van der Waals surface area contributed by atoms with Gasteiger partial charge in [-0.05, 0) is 46.9 Å². The zero-order valence-electron chi connectivity index (χ0n) is 19.4. The first-order valence-corrected chi connectivity index (χ1v) is 12.8. The first-order chi connectivity index (χ1) is 16.1. The maximum atomic E-state index is 12.6. The summed E-state index contributed by atoms with van der Waals surface area (Å²) >= 11 is 1.62. The van der Waals surface area contributed by atoms with Gasteiger partial charge in [-0.1, -0.05) is 93.0 Å². The van der Waals surface area contributed by atoms with Crippen molar-refractivity contribution in [2.45, 2.75) is 64.3 Å². The lowest BCUT2D eigenvalue weighted by Crippen LogP contribution is -2.23. The highest BCUT2D eigenvalue weighted by atomic mass is 32.1. The van der Waals surface area contributed by atoms with Crippen LogP contribution in [-0.4, -0.2) is 15.3 Å². The maximum Gasteiger partial charge on any atom is 0.271 e. The van der Waals surface area contributed by atoms with Gasteiger partial charge in [-0.25, -0.2) is 4.98 Å². The smallest absolute Gasteiger partial charge is 0.271 e. The van der Waals surface area contributed by atoms with E-state index in [2.05, 4.69) is 78.9 Å². The van der Waals surface area contributed by atoms with Crippen LogP contribution in [0.2, 0.25) is 0 Å². The van der Waals surface area contributed by atoms with Gasteiger partial charge in [-0.2, -0.15) is 0 Å². The Bertz CT molecular complexity index is 1200. The van der Waals surface area contributed by atoms with Crippen LogP contribution in [0.4, 0.5) is 0 Å². The number of nitrogens with one attached hydrogen (secondary N) is 1. The van der Waals surface area contributed by atoms with Gasteiger partial charge in [0.25, 0.3) is 5.91 Å². The molecule has 1 aliphatic rings. The van der Waals surface area contributed by atoms with Crippen LogP contribution < -0.4 is 5.32 Å². The fourth-order valence-electron chi connectivity index (χ4n) is 4.69. The summed E-state index contributed by atoms with van der Waals surface area (Å²) in [6.45, 7) is 4.86. The summed E-state index contributed by atoms with van der Waals surface area (Å²) in [5, 5.41) is 2.99. The predicted molar refractivity (Wildman–Crippen MR) is 136 cm³/mol. The molecule has 170 valence electrons. The number of carbonyl (C=O) groups is 1. The van der Waals surface area contributed by atoms with Gasteiger partial charge in [0.1, 0.15) is 5.69 Å². The Hall–Kier alpha value is -2.92. The molecule has 5 heteroatoms. The van der Waals surface area contributed by atoms with Gasteiger partial charge in [-0.15, -0.1) is 0 Å². The lowest BCUT2D eigenvalue weighted by atomic mass is 9.84. The predicted octanol–water partition coefficient (Wildman–Crippen LogP) is 7.16. The van der Waals surface area contributed by atoms with Crippen LogP contribution >= 0.6 is 11.3 Å². The minimum atomic E-state index is -0.141. The van der Waals surface area contributed by atoms with Crippen LogP contribution in [0.25, 0.3) is 15.4 Å². The molecular formula is C28H31N3OS. The third-order valence-electron chi connectivity index (χ3n) is 6.76. The quantitative estimate of drug-likeness (QED) is 0.334. The number of imidazole rings is 1. The molecule has 2 aromatic heterocycles. The molecular weight excluding hydrogens is 426 g/mol. The molecule has 1 amide bonds. The Morgan fingerprint density at radius 1 is 1.03 bits per heavy atom. The van der Waals surface area contributed by atoms with Gasteiger partial charge in [0.15, 0.2) is 4.96 Å². The molecule has 0 unspecified atom stereocenters. The van der Waals surface area contributed by atoms with E-state index < -0.39 is 0 Å². The highest BCUT2D eigenvalue weighted by molar-refractivity contribution is 7.20. The molecule has 1 N–H and O–H groups in total. The molecule has 0 atom stereocenters. The molecule has 1 fully saturated rings. The molecule has 1 saturated carbocycles. The molecule has 33 heavy (non-hydrogen) atoms. The number of aromatic nitrogens is 2. The summed E-state index contributed by atoms with van der Waals surface area (Å²) in [6.07, 6.45) is 10.6. The fraction of sp³-hybridized carbons (Fsp3) is 0.357. The average Bonchev–Trinajstić information content (AvgIpc) is 3.43. The third-order valence-corrected chi connectivity index (χ3v) is 7.81. The first kappa shape index (κ1) is 21.9. The van der Waals surface area contributed by atoms with Crippen molar-refractivity contribution in [2.75, 3.05) is 0 Å². The number of fused-ring (bicyclic) bond motifs is 1. The van der Waals surface area contributed by atoms with E-state index in [1.165, 1.54) is 53.7 Å². The largest absolute Gasteiger partial charge is 0.347 e. The Morgan fingerprint density at radius 2 is 1.76 bits per heavy atom. The van der Waals surface area contributed by atoms with Crippen LogP contribution in [0.3, 0.4) is 0 Å². The maximum absolute atomic E-state index is 12.6. The first-order valence-electron chi connectivity index (χ1n) is 12.0. The summed E-state index contributed by atoms with van der Waals surface area (Å²) in [5.41, 5.74) is 5.53. The second-order valence-corrected chi connectivity index (χ2v) is 10.5. The highest BCUT2D eigenvalue weighted by Crippen LogP contribution is 2.35. The van der Waals surface area contributed by atoms with E-state index in [-0.39, 0.29) is 5.91 Å². The zero-order valence-corrected chi connectivity index (χ0v) is 20.2. The van der Waals surface area contributed by atoms with Gasteiger partial charge in [0.05, 0.1) is 4.88 Å². The van der Waals surface area contributed by atoms with Gasteiger partial charge in [-0.3, -0.25) is 9.20 Å². The summed E-state index contributed by atoms with van der Waals surface area (Å²) in [5.74, 6) is 1.09. The second-order valence-electron chi connectivity index (χ2n) is 9.45. The highest BCUT2D eigenvalue weighted by Gasteiger charge is 2.17. The number of nitrogens with zero attached hydrogens (tertiary/aromatic N) is 2. The summed E-state index contributed by atoms with van der Waals surface area (Å²) in [4.78, 5) is 19.2. The van der Waals surface area contributed by atoms with E-state index in [1.54, 1.807) is 11.3 Å². The normalized spacial score (nSPS) is 14.8. The second kappa shape index (κ2) is 9.52. The molecule has 0 aliphatic heterocycles. The van der Waals surface area contributed by atoms with E-state index in [4.69, 9.17) is 0 Å². The Kier molecular flexibility index (Phi) is 6.32. The minimum absolute atomic E-state index is 0.141. The SMILES string of the molecule is CC(C)c1ccc(CNC(=O)c2cn3cc(-c4ccc(C5CCCCC5)cc4)sc3n2)cc1. The third kappa shape index (κ3) is 4.88. The molecule has 0 bridgehead atoms. The van der Waals surface area contributed by atoms with Crippen LogP contribution in [-0.2, 0) is 6.54 Å². The summed E-state index contributed by atoms with van der Waals surface area (Å²) in [7, 11) is 0. The number of rotatable bonds is 6. The lowest BCUT2D eigenvalue weighted by molar-refractivity contribution is 0.0946. The van der Waals surface area contributed by atoms with E-state index in [0.29, 0.717) is 18.2 Å². The molecule has 4 nitrogen and oxygen atoms in total. The number of thiazole rings is 1. The van der Waals surface area contributed by atoms with Crippen molar-refractivity contribution in [3.8, 4) is 10.4 Å². The van der Waals surface area contributed by atoms with Gasteiger partial charge in [0.2, 0.25) is 0 Å². The summed E-state index contributed by atoms with van der Waals surface area (Å²) < 4.78 is 1.96. The van der Waals surface area contributed by atoms with E-state index >= 15 is 0 Å². The topological polar surface area (TPSA) is 46.4 Å². The van der Waals surface area contributed by atoms with E-state index in [0.717, 1.165) is 16.4 Å². The number of hydrogen-bond acceptors (Lipinski definition) is 3. The van der Waals surface area contributed by atoms with Gasteiger partial charge in [0, 0.05) is 18.9 Å². The Labute approximate surface area is 199 Å². The monoisotopic (exact) mass is 457 g/mol. The van der Waals surface area contributed by atoms with Crippen molar-refractivity contribution in [3.63, 3.8) is 0 Å². The number of benzene rings is 2. The lowest BCUT2D eigenvalue weighted by Gasteiger charge is -2.22. The van der Waals surface area contributed by atoms with Gasteiger partial charge >= 0.3 is 0 Å². The molecule has 4 aromatic rings. The van der Waals surface area contributed by atoms with E-state index in [9.17, 15) is 4.79 Å². The van der Waals surface area contributed by atoms with Crippen LogP contribution in [0, 0.1) is 0 Å². The average molecular weight is 458 g/mol. The summed E-state index contributed by atoms with van der Waals surface area (Å²) in [6, 6.07) is 17.5. The Balaban J connectivity index is 1.23. The number of carbonyl (C=O) groups excluding carboxylic acids is 1. The molecule has 0 radical (unpaired) electrons. The molecule has 5 rings (SSSR count). The van der Waals surface area contributed by atoms with Crippen molar-refractivity contribution >= 4 is 22.2 Å². The molecule has 0 spiro atoms. The van der Waals surface area contributed by atoms with E-state index in [1.807, 2.05) is 10.6 Å². The van der Waals surface area contributed by atoms with Crippen LogP contribution in [0.1, 0.15) is 85.0 Å². The standard InChI is InChI=1S/C28H31N3OS/c1-19(2)21-10-8-20(9-11-21)16-29-27(32)25-17-31-18-26(33-28(31)30-25)24-14-12-23(13-15-24)22-6-4-3-5-7-22/h8-15,17-19,22H,3-7,16H2,1-2H3,(H,29,32). The van der Waals surface area contributed by atoms with Crippen molar-refractivity contribution in [1.29, 1.82) is 0 Å². The molecule has 2 heterocycles. The van der Waals surface area contributed by atoms with Crippen LogP contribution in [0.15, 0.2) is 60.9 Å². The molecule has 1 aliphatic carbocycles. The minimum Gasteiger partial charge on any atom is -0.347 e. The van der Waals surface area contributed by atoms with Gasteiger partial charge < -0.3 is 5.32 Å². The number of amides is 1. The fourth-order valence-corrected chi connectivity index (χ4v) is 5.66. The van der Waals surface area contributed by atoms with Crippen molar-refractivity contribution < 1.29 is 4.79 Å². The van der Waals surface area contributed by atoms with Crippen molar-refractivity contribution in [2.24, 2.45) is 0 Å². The van der Waals surface area contributed by atoms with Crippen molar-refractivity contribution in [3.05, 3.63) is 83.3 Å². The molecule has 2 aromatic carbocycles. The Morgan fingerprint density at radius 3 is 2.42 bits per heavy atom.